The molecule has 1 unspecified atom stereocenters. The van der Waals surface area contributed by atoms with Gasteiger partial charge >= 0.3 is 0 Å². The molecule has 0 radical (unpaired) electrons. The first kappa shape index (κ1) is 18.3. The van der Waals surface area contributed by atoms with Gasteiger partial charge in [-0.3, -0.25) is 9.69 Å². The maximum atomic E-state index is 12.8. The number of carbonyl (C=O) groups excluding carboxylic acids is 1. The van der Waals surface area contributed by atoms with Crippen LogP contribution in [0.2, 0.25) is 0 Å². The lowest BCUT2D eigenvalue weighted by Gasteiger charge is -2.29. The van der Waals surface area contributed by atoms with Crippen LogP contribution in [0, 0.1) is 5.82 Å². The molecule has 140 valence electrons. The van der Waals surface area contributed by atoms with Gasteiger partial charge in [-0.25, -0.2) is 4.39 Å². The largest absolute Gasteiger partial charge is 0.486 e. The summed E-state index contributed by atoms with van der Waals surface area (Å²) in [5.74, 6) is 0.241. The van der Waals surface area contributed by atoms with Gasteiger partial charge in [0, 0.05) is 25.7 Å². The topological polar surface area (TPSA) is 87.8 Å². The summed E-state index contributed by atoms with van der Waals surface area (Å²) in [6.45, 7) is 2.82. The van der Waals surface area contributed by atoms with Crippen molar-refractivity contribution in [2.45, 2.75) is 25.6 Å². The minimum absolute atomic E-state index is 0.0948. The van der Waals surface area contributed by atoms with Crippen LogP contribution in [-0.4, -0.2) is 53.4 Å². The van der Waals surface area contributed by atoms with E-state index < -0.39 is 0 Å². The molecule has 0 aliphatic carbocycles. The van der Waals surface area contributed by atoms with Crippen LogP contribution in [0.4, 0.5) is 4.39 Å². The van der Waals surface area contributed by atoms with Crippen LogP contribution >= 0.6 is 0 Å². The van der Waals surface area contributed by atoms with Gasteiger partial charge in [0.15, 0.2) is 11.5 Å². The van der Waals surface area contributed by atoms with Gasteiger partial charge in [0.2, 0.25) is 0 Å². The van der Waals surface area contributed by atoms with Gasteiger partial charge < -0.3 is 19.7 Å². The number of β-amino-alcohol motifs (C(OH)–C–C–N with tert-alkyl or cyclic N) is 1. The predicted octanol–water partition coefficient (Wildman–Crippen LogP) is 1.58. The Morgan fingerprint density at radius 1 is 1.42 bits per heavy atom. The van der Waals surface area contributed by atoms with Crippen LogP contribution in [0.15, 0.2) is 34.9 Å². The Bertz CT molecular complexity index is 719. The molecule has 1 aliphatic heterocycles. The highest BCUT2D eigenvalue weighted by atomic mass is 19.1. The number of benzene rings is 1. The number of likely N-dealkylation sites (tertiary alicyclic amines) is 1. The number of hydrogen-bond acceptors (Lipinski definition) is 6. The first-order chi connectivity index (χ1) is 12.6. The van der Waals surface area contributed by atoms with E-state index in [0.29, 0.717) is 31.1 Å². The van der Waals surface area contributed by atoms with Crippen LogP contribution in [-0.2, 0) is 6.61 Å². The molecule has 1 aromatic carbocycles. The molecule has 0 bridgehead atoms. The summed E-state index contributed by atoms with van der Waals surface area (Å²) in [7, 11) is 0. The number of amides is 1. The van der Waals surface area contributed by atoms with Crippen LogP contribution in [0.5, 0.6) is 5.75 Å². The standard InChI is InChI=1S/C18H22FN3O4/c19-13-3-5-15(6-4-13)25-12-16-10-17(21-26-16)18(24)20-7-9-22-8-1-2-14(23)11-22/h3-6,10,14,23H,1-2,7-9,11-12H2,(H,20,24). The predicted molar refractivity (Wildman–Crippen MR) is 91.2 cm³/mol. The first-order valence-corrected chi connectivity index (χ1v) is 8.63. The lowest BCUT2D eigenvalue weighted by atomic mass is 10.1. The van der Waals surface area contributed by atoms with Crippen LogP contribution in [0.3, 0.4) is 0 Å². The molecule has 2 heterocycles. The van der Waals surface area contributed by atoms with E-state index in [9.17, 15) is 14.3 Å². The van der Waals surface area contributed by atoms with Crippen molar-refractivity contribution in [2.24, 2.45) is 0 Å². The van der Waals surface area contributed by atoms with E-state index in [1.165, 1.54) is 30.3 Å². The van der Waals surface area contributed by atoms with Gasteiger partial charge in [-0.1, -0.05) is 5.16 Å². The van der Waals surface area contributed by atoms with Crippen molar-refractivity contribution in [3.8, 4) is 5.75 Å². The van der Waals surface area contributed by atoms with Crippen molar-refractivity contribution in [3.63, 3.8) is 0 Å². The molecule has 1 aliphatic rings. The number of nitrogens with one attached hydrogen (secondary N) is 1. The third-order valence-corrected chi connectivity index (χ3v) is 4.18. The van der Waals surface area contributed by atoms with Gasteiger partial charge in [-0.2, -0.15) is 0 Å². The Hall–Kier alpha value is -2.45. The van der Waals surface area contributed by atoms with Crippen molar-refractivity contribution in [3.05, 3.63) is 47.6 Å². The Labute approximate surface area is 150 Å². The molecule has 26 heavy (non-hydrogen) atoms. The van der Waals surface area contributed by atoms with Crippen molar-refractivity contribution >= 4 is 5.91 Å². The second kappa shape index (κ2) is 8.77. The molecule has 8 heteroatoms. The number of aliphatic hydroxyl groups excluding tert-OH is 1. The highest BCUT2D eigenvalue weighted by Crippen LogP contribution is 2.14. The third-order valence-electron chi connectivity index (χ3n) is 4.18. The van der Waals surface area contributed by atoms with E-state index in [1.807, 2.05) is 0 Å². The second-order valence-electron chi connectivity index (χ2n) is 6.27. The minimum Gasteiger partial charge on any atom is -0.486 e. The highest BCUT2D eigenvalue weighted by Gasteiger charge is 2.18. The molecular formula is C18H22FN3O4. The summed E-state index contributed by atoms with van der Waals surface area (Å²) < 4.78 is 23.4. The Kier molecular flexibility index (Phi) is 6.19. The first-order valence-electron chi connectivity index (χ1n) is 8.63. The maximum Gasteiger partial charge on any atom is 0.273 e. The number of piperidine rings is 1. The van der Waals surface area contributed by atoms with Gasteiger partial charge in [0.1, 0.15) is 18.2 Å². The number of halogens is 1. The zero-order valence-electron chi connectivity index (χ0n) is 14.4. The van der Waals surface area contributed by atoms with Crippen molar-refractivity contribution in [1.29, 1.82) is 0 Å². The van der Waals surface area contributed by atoms with E-state index in [-0.39, 0.29) is 30.1 Å². The molecular weight excluding hydrogens is 341 g/mol. The van der Waals surface area contributed by atoms with Gasteiger partial charge in [0.25, 0.3) is 5.91 Å². The smallest absolute Gasteiger partial charge is 0.273 e. The Morgan fingerprint density at radius 2 is 2.23 bits per heavy atom. The zero-order chi connectivity index (χ0) is 18.4. The van der Waals surface area contributed by atoms with E-state index >= 15 is 0 Å². The van der Waals surface area contributed by atoms with E-state index in [1.54, 1.807) is 0 Å². The lowest BCUT2D eigenvalue weighted by Crippen LogP contribution is -2.42. The Balaban J connectivity index is 1.41. The molecule has 1 atom stereocenters. The Morgan fingerprint density at radius 3 is 3.00 bits per heavy atom. The molecule has 1 amide bonds. The summed E-state index contributed by atoms with van der Waals surface area (Å²) >= 11 is 0. The fraction of sp³-hybridized carbons (Fsp3) is 0.444. The summed E-state index contributed by atoms with van der Waals surface area (Å²) in [6, 6.07) is 7.14. The van der Waals surface area contributed by atoms with E-state index in [0.717, 1.165) is 19.4 Å². The summed E-state index contributed by atoms with van der Waals surface area (Å²) in [4.78, 5) is 14.2. The number of carbonyl (C=O) groups is 1. The van der Waals surface area contributed by atoms with Crippen molar-refractivity contribution in [2.75, 3.05) is 26.2 Å². The monoisotopic (exact) mass is 363 g/mol. The number of hydrogen-bond donors (Lipinski definition) is 2. The molecule has 1 saturated heterocycles. The molecule has 2 aromatic rings. The average molecular weight is 363 g/mol. The van der Waals surface area contributed by atoms with Crippen molar-refractivity contribution < 1.29 is 23.6 Å². The van der Waals surface area contributed by atoms with Gasteiger partial charge in [0.05, 0.1) is 6.10 Å². The van der Waals surface area contributed by atoms with E-state index in [2.05, 4.69) is 15.4 Å². The maximum absolute atomic E-state index is 12.8. The molecule has 3 rings (SSSR count). The number of aliphatic hydroxyl groups is 1. The van der Waals surface area contributed by atoms with E-state index in [4.69, 9.17) is 9.26 Å². The summed E-state index contributed by atoms with van der Waals surface area (Å²) in [5.41, 5.74) is 0.182. The summed E-state index contributed by atoms with van der Waals surface area (Å²) in [6.07, 6.45) is 1.53. The molecule has 7 nitrogen and oxygen atoms in total. The zero-order valence-corrected chi connectivity index (χ0v) is 14.4. The molecule has 0 saturated carbocycles. The number of aromatic nitrogens is 1. The molecule has 1 aromatic heterocycles. The average Bonchev–Trinajstić information content (AvgIpc) is 3.10. The van der Waals surface area contributed by atoms with Crippen LogP contribution in [0.1, 0.15) is 29.1 Å². The van der Waals surface area contributed by atoms with Crippen molar-refractivity contribution in [1.82, 2.24) is 15.4 Å². The second-order valence-corrected chi connectivity index (χ2v) is 6.27. The van der Waals surface area contributed by atoms with Gasteiger partial charge in [-0.15, -0.1) is 0 Å². The summed E-state index contributed by atoms with van der Waals surface area (Å²) in [5, 5.41) is 16.2. The fourth-order valence-electron chi connectivity index (χ4n) is 2.83. The third kappa shape index (κ3) is 5.27. The lowest BCUT2D eigenvalue weighted by molar-refractivity contribution is 0.0702. The van der Waals surface area contributed by atoms with Crippen LogP contribution in [0.25, 0.3) is 0 Å². The number of rotatable bonds is 7. The molecule has 2 N–H and O–H groups in total. The number of ether oxygens (including phenoxy) is 1. The number of nitrogens with zero attached hydrogens (tertiary/aromatic N) is 2. The fourth-order valence-corrected chi connectivity index (χ4v) is 2.83. The SMILES string of the molecule is O=C(NCCN1CCCC(O)C1)c1cc(COc2ccc(F)cc2)on1. The highest BCUT2D eigenvalue weighted by molar-refractivity contribution is 5.92. The minimum atomic E-state index is -0.338. The molecule has 0 spiro atoms. The normalized spacial score (nSPS) is 17.8. The van der Waals surface area contributed by atoms with Crippen LogP contribution < -0.4 is 10.1 Å². The van der Waals surface area contributed by atoms with Gasteiger partial charge in [-0.05, 0) is 43.7 Å². The molecule has 1 fully saturated rings. The quantitative estimate of drug-likeness (QED) is 0.777.